The molecule has 19 heavy (non-hydrogen) atoms. The summed E-state index contributed by atoms with van der Waals surface area (Å²) in [6.45, 7) is 2.29. The van der Waals surface area contributed by atoms with Gasteiger partial charge in [0.1, 0.15) is 5.82 Å². The monoisotopic (exact) mass is 281 g/mol. The molecular formula is C11H15N5O2S. The number of rotatable bonds is 5. The van der Waals surface area contributed by atoms with Gasteiger partial charge in [0, 0.05) is 25.4 Å². The zero-order chi connectivity index (χ0) is 13.9. The zero-order valence-electron chi connectivity index (χ0n) is 10.5. The number of aromatic nitrogens is 4. The summed E-state index contributed by atoms with van der Waals surface area (Å²) in [5.41, 5.74) is 1.11. The molecule has 0 saturated carbocycles. The predicted molar refractivity (Wildman–Crippen MR) is 68.7 cm³/mol. The van der Waals surface area contributed by atoms with Crippen LogP contribution in [0.1, 0.15) is 18.3 Å². The average molecular weight is 281 g/mol. The van der Waals surface area contributed by atoms with Gasteiger partial charge in [0.05, 0.1) is 0 Å². The maximum atomic E-state index is 11.3. The van der Waals surface area contributed by atoms with Gasteiger partial charge in [-0.05, 0) is 31.0 Å². The smallest absolute Gasteiger partial charge is 0.273 e. The number of hydrogen-bond donors (Lipinski definition) is 1. The van der Waals surface area contributed by atoms with E-state index in [9.17, 15) is 8.42 Å². The van der Waals surface area contributed by atoms with Crippen molar-refractivity contribution in [2.24, 2.45) is 5.14 Å². The summed E-state index contributed by atoms with van der Waals surface area (Å²) in [5, 5.41) is 12.5. The van der Waals surface area contributed by atoms with Crippen LogP contribution in [-0.4, -0.2) is 28.2 Å². The molecule has 0 aliphatic carbocycles. The topological polar surface area (TPSA) is 104 Å². The van der Waals surface area contributed by atoms with Gasteiger partial charge in [-0.2, -0.15) is 0 Å². The minimum absolute atomic E-state index is 0.181. The predicted octanol–water partition coefficient (Wildman–Crippen LogP) is 0.126. The van der Waals surface area contributed by atoms with Crippen LogP contribution in [0.25, 0.3) is 0 Å². The van der Waals surface area contributed by atoms with Crippen molar-refractivity contribution in [2.75, 3.05) is 0 Å². The first kappa shape index (κ1) is 13.6. The van der Waals surface area contributed by atoms with Crippen molar-refractivity contribution in [1.82, 2.24) is 19.7 Å². The molecule has 0 atom stereocenters. The van der Waals surface area contributed by atoms with Gasteiger partial charge in [-0.25, -0.2) is 13.6 Å². The van der Waals surface area contributed by atoms with Gasteiger partial charge < -0.3 is 4.57 Å². The summed E-state index contributed by atoms with van der Waals surface area (Å²) in [6.07, 6.45) is 4.77. The molecule has 0 spiro atoms. The summed E-state index contributed by atoms with van der Waals surface area (Å²) in [4.78, 5) is 3.94. The maximum Gasteiger partial charge on any atom is 0.273 e. The quantitative estimate of drug-likeness (QED) is 0.838. The van der Waals surface area contributed by atoms with Crippen molar-refractivity contribution in [2.45, 2.75) is 31.5 Å². The van der Waals surface area contributed by atoms with Crippen molar-refractivity contribution in [3.8, 4) is 0 Å². The summed E-state index contributed by atoms with van der Waals surface area (Å²) in [5.74, 6) is 0.614. The Morgan fingerprint density at radius 1 is 1.21 bits per heavy atom. The van der Waals surface area contributed by atoms with Crippen molar-refractivity contribution in [3.63, 3.8) is 0 Å². The summed E-state index contributed by atoms with van der Waals surface area (Å²) in [7, 11) is -3.83. The first-order valence-electron chi connectivity index (χ1n) is 5.86. The fourth-order valence-electron chi connectivity index (χ4n) is 1.84. The lowest BCUT2D eigenvalue weighted by molar-refractivity contribution is 0.563. The second-order valence-corrected chi connectivity index (χ2v) is 5.50. The number of primary sulfonamides is 1. The van der Waals surface area contributed by atoms with E-state index in [0.717, 1.165) is 12.0 Å². The Kier molecular flexibility index (Phi) is 3.91. The highest BCUT2D eigenvalue weighted by Gasteiger charge is 2.19. The lowest BCUT2D eigenvalue weighted by Crippen LogP contribution is -2.19. The molecule has 0 bridgehead atoms. The first-order chi connectivity index (χ1) is 9.02. The van der Waals surface area contributed by atoms with E-state index in [2.05, 4.69) is 15.2 Å². The fraction of sp³-hybridized carbons (Fsp3) is 0.364. The van der Waals surface area contributed by atoms with Crippen LogP contribution in [0.5, 0.6) is 0 Å². The number of nitrogens with two attached hydrogens (primary N) is 1. The van der Waals surface area contributed by atoms with Gasteiger partial charge in [-0.3, -0.25) is 4.98 Å². The van der Waals surface area contributed by atoms with Gasteiger partial charge >= 0.3 is 0 Å². The van der Waals surface area contributed by atoms with Gasteiger partial charge in [0.25, 0.3) is 15.2 Å². The van der Waals surface area contributed by atoms with Crippen LogP contribution < -0.4 is 5.14 Å². The number of hydrogen-bond acceptors (Lipinski definition) is 5. The normalized spacial score (nSPS) is 11.7. The third-order valence-corrected chi connectivity index (χ3v) is 3.56. The highest BCUT2D eigenvalue weighted by molar-refractivity contribution is 7.89. The van der Waals surface area contributed by atoms with E-state index in [0.29, 0.717) is 18.8 Å². The molecule has 2 aromatic rings. The molecule has 8 heteroatoms. The number of sulfonamides is 1. The molecular weight excluding hydrogens is 266 g/mol. The number of nitrogens with zero attached hydrogens (tertiary/aromatic N) is 4. The molecule has 0 saturated heterocycles. The summed E-state index contributed by atoms with van der Waals surface area (Å²) >= 11 is 0. The van der Waals surface area contributed by atoms with Gasteiger partial charge in [0.2, 0.25) is 0 Å². The third-order valence-electron chi connectivity index (χ3n) is 2.75. The summed E-state index contributed by atoms with van der Waals surface area (Å²) < 4.78 is 24.2. The molecule has 0 aliphatic heterocycles. The van der Waals surface area contributed by atoms with Crippen molar-refractivity contribution >= 4 is 10.0 Å². The average Bonchev–Trinajstić information content (AvgIpc) is 2.80. The molecule has 2 aromatic heterocycles. The Labute approximate surface area is 111 Å². The van der Waals surface area contributed by atoms with Crippen LogP contribution in [0.15, 0.2) is 29.7 Å². The van der Waals surface area contributed by atoms with Crippen molar-refractivity contribution < 1.29 is 8.42 Å². The Bertz CT molecular complexity index is 651. The molecule has 0 radical (unpaired) electrons. The van der Waals surface area contributed by atoms with Crippen LogP contribution in [0.2, 0.25) is 0 Å². The molecule has 102 valence electrons. The third kappa shape index (κ3) is 3.15. The van der Waals surface area contributed by atoms with Crippen LogP contribution in [0.3, 0.4) is 0 Å². The SMILES string of the molecule is CCn1c(CCc2ccncc2)nnc1S(N)(=O)=O. The Morgan fingerprint density at radius 3 is 2.47 bits per heavy atom. The second-order valence-electron chi connectivity index (χ2n) is 4.04. The number of pyridine rings is 1. The van der Waals surface area contributed by atoms with Gasteiger partial charge in [0.15, 0.2) is 0 Å². The maximum absolute atomic E-state index is 11.3. The largest absolute Gasteiger partial charge is 0.301 e. The van der Waals surface area contributed by atoms with Crippen LogP contribution in [0.4, 0.5) is 0 Å². The van der Waals surface area contributed by atoms with E-state index in [1.165, 1.54) is 4.57 Å². The van der Waals surface area contributed by atoms with Crippen molar-refractivity contribution in [1.29, 1.82) is 0 Å². The van der Waals surface area contributed by atoms with E-state index in [1.807, 2.05) is 19.1 Å². The molecule has 2 N–H and O–H groups in total. The lowest BCUT2D eigenvalue weighted by atomic mass is 10.1. The first-order valence-corrected chi connectivity index (χ1v) is 7.40. The van der Waals surface area contributed by atoms with Gasteiger partial charge in [-0.1, -0.05) is 0 Å². The lowest BCUT2D eigenvalue weighted by Gasteiger charge is -2.06. The minimum atomic E-state index is -3.83. The molecule has 0 unspecified atom stereocenters. The standard InChI is InChI=1S/C11H15N5O2S/c1-2-16-10(14-15-11(16)19(12,17)18)4-3-9-5-7-13-8-6-9/h5-8H,2-4H2,1H3,(H2,12,17,18). The molecule has 2 heterocycles. The molecule has 0 aromatic carbocycles. The van der Waals surface area contributed by atoms with E-state index in [1.54, 1.807) is 12.4 Å². The highest BCUT2D eigenvalue weighted by Crippen LogP contribution is 2.10. The minimum Gasteiger partial charge on any atom is -0.301 e. The van der Waals surface area contributed by atoms with Crippen LogP contribution in [0, 0.1) is 0 Å². The van der Waals surface area contributed by atoms with E-state index >= 15 is 0 Å². The molecule has 0 aliphatic rings. The molecule has 0 amide bonds. The van der Waals surface area contributed by atoms with Crippen LogP contribution in [-0.2, 0) is 29.4 Å². The summed E-state index contributed by atoms with van der Waals surface area (Å²) in [6, 6.07) is 3.82. The molecule has 2 rings (SSSR count). The Hall–Kier alpha value is -1.80. The van der Waals surface area contributed by atoms with E-state index in [4.69, 9.17) is 5.14 Å². The van der Waals surface area contributed by atoms with Crippen LogP contribution >= 0.6 is 0 Å². The zero-order valence-corrected chi connectivity index (χ0v) is 11.3. The fourth-order valence-corrected chi connectivity index (χ4v) is 2.53. The van der Waals surface area contributed by atoms with Gasteiger partial charge in [-0.15, -0.1) is 10.2 Å². The highest BCUT2D eigenvalue weighted by atomic mass is 32.2. The van der Waals surface area contributed by atoms with E-state index < -0.39 is 10.0 Å². The van der Waals surface area contributed by atoms with Crippen molar-refractivity contribution in [3.05, 3.63) is 35.9 Å². The van der Waals surface area contributed by atoms with E-state index in [-0.39, 0.29) is 5.16 Å². The molecule has 0 fully saturated rings. The Morgan fingerprint density at radius 2 is 1.89 bits per heavy atom. The molecule has 7 nitrogen and oxygen atoms in total. The Balaban J connectivity index is 2.20. The second kappa shape index (κ2) is 5.45. The number of aryl methyl sites for hydroxylation is 2.